The molecule has 19 heavy (non-hydrogen) atoms. The Morgan fingerprint density at radius 1 is 1.32 bits per heavy atom. The summed E-state index contributed by atoms with van der Waals surface area (Å²) in [4.78, 5) is 11.0. The van der Waals surface area contributed by atoms with Gasteiger partial charge in [-0.25, -0.2) is 9.97 Å². The zero-order valence-corrected chi connectivity index (χ0v) is 11.8. The molecule has 0 amide bonds. The van der Waals surface area contributed by atoms with Gasteiger partial charge in [-0.3, -0.25) is 0 Å². The summed E-state index contributed by atoms with van der Waals surface area (Å²) >= 11 is 1.72. The lowest BCUT2D eigenvalue weighted by Crippen LogP contribution is -2.00. The van der Waals surface area contributed by atoms with Crippen LogP contribution in [0.15, 0.2) is 28.9 Å². The number of aromatic nitrogens is 2. The third-order valence-electron chi connectivity index (χ3n) is 2.95. The molecule has 3 aromatic rings. The molecule has 0 aromatic carbocycles. The van der Waals surface area contributed by atoms with Crippen molar-refractivity contribution in [2.75, 3.05) is 5.32 Å². The second kappa shape index (κ2) is 5.01. The summed E-state index contributed by atoms with van der Waals surface area (Å²) in [5.41, 5.74) is 0. The lowest BCUT2D eigenvalue weighted by molar-refractivity contribution is 0.490. The number of aryl methyl sites for hydroxylation is 2. The molecule has 0 fully saturated rings. The van der Waals surface area contributed by atoms with Crippen molar-refractivity contribution in [2.45, 2.75) is 26.8 Å². The second-order valence-electron chi connectivity index (χ2n) is 4.37. The van der Waals surface area contributed by atoms with Crippen molar-refractivity contribution in [1.82, 2.24) is 9.97 Å². The van der Waals surface area contributed by atoms with Crippen LogP contribution in [0.5, 0.6) is 0 Å². The van der Waals surface area contributed by atoms with Gasteiger partial charge in [-0.1, -0.05) is 6.92 Å². The number of anilines is 1. The molecular formula is C14H15N3OS. The van der Waals surface area contributed by atoms with Crippen molar-refractivity contribution < 1.29 is 4.42 Å². The number of fused-ring (bicyclic) bond motifs is 1. The Hall–Kier alpha value is -1.88. The number of hydrogen-bond acceptors (Lipinski definition) is 5. The first-order chi connectivity index (χ1) is 9.26. The normalized spacial score (nSPS) is 11.1. The Morgan fingerprint density at radius 3 is 2.95 bits per heavy atom. The molecule has 0 unspecified atom stereocenters. The molecule has 3 aromatic heterocycles. The average Bonchev–Trinajstić information content (AvgIpc) is 3.02. The fourth-order valence-corrected chi connectivity index (χ4v) is 2.91. The fraction of sp³-hybridized carbons (Fsp3) is 0.286. The Morgan fingerprint density at radius 2 is 2.21 bits per heavy atom. The van der Waals surface area contributed by atoms with Crippen LogP contribution in [-0.4, -0.2) is 9.97 Å². The van der Waals surface area contributed by atoms with Crippen molar-refractivity contribution in [3.63, 3.8) is 0 Å². The van der Waals surface area contributed by atoms with Gasteiger partial charge in [0.05, 0.1) is 11.9 Å². The van der Waals surface area contributed by atoms with Gasteiger partial charge in [0.1, 0.15) is 28.5 Å². The molecule has 5 heteroatoms. The highest BCUT2D eigenvalue weighted by atomic mass is 32.1. The van der Waals surface area contributed by atoms with E-state index in [0.717, 1.165) is 34.0 Å². The molecule has 3 heterocycles. The Bertz CT molecular complexity index is 702. The number of furan rings is 1. The van der Waals surface area contributed by atoms with E-state index in [1.54, 1.807) is 17.7 Å². The molecule has 0 saturated heterocycles. The summed E-state index contributed by atoms with van der Waals surface area (Å²) in [5, 5.41) is 4.41. The Balaban J connectivity index is 1.85. The zero-order chi connectivity index (χ0) is 13.2. The van der Waals surface area contributed by atoms with E-state index in [2.05, 4.69) is 28.3 Å². The fourth-order valence-electron chi connectivity index (χ4n) is 1.97. The Labute approximate surface area is 115 Å². The van der Waals surface area contributed by atoms with Gasteiger partial charge in [-0.2, -0.15) is 0 Å². The topological polar surface area (TPSA) is 51.0 Å². The van der Waals surface area contributed by atoms with Gasteiger partial charge >= 0.3 is 0 Å². The van der Waals surface area contributed by atoms with E-state index in [1.165, 1.54) is 4.88 Å². The molecule has 4 nitrogen and oxygen atoms in total. The SMILES string of the molecule is CCc1cc2c(NCc3ccc(C)o3)ncnc2s1. The lowest BCUT2D eigenvalue weighted by atomic mass is 10.3. The van der Waals surface area contributed by atoms with E-state index in [-0.39, 0.29) is 0 Å². The first-order valence-electron chi connectivity index (χ1n) is 6.29. The second-order valence-corrected chi connectivity index (χ2v) is 5.49. The van der Waals surface area contributed by atoms with Crippen molar-refractivity contribution in [2.24, 2.45) is 0 Å². The highest BCUT2D eigenvalue weighted by Gasteiger charge is 2.08. The Kier molecular flexibility index (Phi) is 3.21. The number of thiophene rings is 1. The molecule has 0 bridgehead atoms. The van der Waals surface area contributed by atoms with Gasteiger partial charge in [-0.05, 0) is 31.5 Å². The molecule has 0 aliphatic heterocycles. The third-order valence-corrected chi connectivity index (χ3v) is 4.14. The van der Waals surface area contributed by atoms with Crippen molar-refractivity contribution >= 4 is 27.4 Å². The van der Waals surface area contributed by atoms with Crippen LogP contribution in [0.25, 0.3) is 10.2 Å². The van der Waals surface area contributed by atoms with E-state index in [4.69, 9.17) is 4.42 Å². The summed E-state index contributed by atoms with van der Waals surface area (Å²) in [6.07, 6.45) is 2.63. The minimum atomic E-state index is 0.636. The van der Waals surface area contributed by atoms with E-state index < -0.39 is 0 Å². The van der Waals surface area contributed by atoms with Crippen molar-refractivity contribution in [1.29, 1.82) is 0 Å². The van der Waals surface area contributed by atoms with E-state index in [9.17, 15) is 0 Å². The molecular weight excluding hydrogens is 258 g/mol. The highest BCUT2D eigenvalue weighted by Crippen LogP contribution is 2.28. The molecule has 0 aliphatic carbocycles. The summed E-state index contributed by atoms with van der Waals surface area (Å²) < 4.78 is 5.54. The average molecular weight is 273 g/mol. The molecule has 0 spiro atoms. The number of hydrogen-bond donors (Lipinski definition) is 1. The summed E-state index contributed by atoms with van der Waals surface area (Å²) in [6.45, 7) is 4.73. The maximum absolute atomic E-state index is 5.54. The molecule has 3 rings (SSSR count). The van der Waals surface area contributed by atoms with Crippen molar-refractivity contribution in [3.05, 3.63) is 40.9 Å². The molecule has 98 valence electrons. The van der Waals surface area contributed by atoms with Gasteiger partial charge in [-0.15, -0.1) is 11.3 Å². The number of nitrogens with one attached hydrogen (secondary N) is 1. The van der Waals surface area contributed by atoms with Crippen LogP contribution >= 0.6 is 11.3 Å². The number of rotatable bonds is 4. The molecule has 0 aliphatic rings. The zero-order valence-electron chi connectivity index (χ0n) is 10.9. The van der Waals surface area contributed by atoms with Crippen LogP contribution in [0.1, 0.15) is 23.3 Å². The van der Waals surface area contributed by atoms with Gasteiger partial charge in [0, 0.05) is 4.88 Å². The largest absolute Gasteiger partial charge is 0.465 e. The maximum atomic E-state index is 5.54. The first-order valence-corrected chi connectivity index (χ1v) is 7.10. The van der Waals surface area contributed by atoms with Crippen LogP contribution in [0.3, 0.4) is 0 Å². The molecule has 0 atom stereocenters. The lowest BCUT2D eigenvalue weighted by Gasteiger charge is -2.03. The van der Waals surface area contributed by atoms with Crippen molar-refractivity contribution in [3.8, 4) is 0 Å². The van der Waals surface area contributed by atoms with Gasteiger partial charge < -0.3 is 9.73 Å². The predicted molar refractivity (Wildman–Crippen MR) is 77.6 cm³/mol. The minimum absolute atomic E-state index is 0.636. The first kappa shape index (κ1) is 12.2. The summed E-state index contributed by atoms with van der Waals surface area (Å²) in [5.74, 6) is 2.71. The standard InChI is InChI=1S/C14H15N3OS/c1-3-11-6-12-13(16-8-17-14(12)19-11)15-7-10-5-4-9(2)18-10/h4-6,8H,3,7H2,1-2H3,(H,15,16,17). The molecule has 0 radical (unpaired) electrons. The van der Waals surface area contributed by atoms with E-state index in [1.807, 2.05) is 19.1 Å². The van der Waals surface area contributed by atoms with Crippen LogP contribution in [0.2, 0.25) is 0 Å². The monoisotopic (exact) mass is 273 g/mol. The summed E-state index contributed by atoms with van der Waals surface area (Å²) in [6, 6.07) is 6.11. The minimum Gasteiger partial charge on any atom is -0.465 e. The van der Waals surface area contributed by atoms with Gasteiger partial charge in [0.25, 0.3) is 0 Å². The predicted octanol–water partition coefficient (Wildman–Crippen LogP) is 3.77. The molecule has 0 saturated carbocycles. The third kappa shape index (κ3) is 2.46. The van der Waals surface area contributed by atoms with E-state index >= 15 is 0 Å². The summed E-state index contributed by atoms with van der Waals surface area (Å²) in [7, 11) is 0. The van der Waals surface area contributed by atoms with E-state index in [0.29, 0.717) is 6.54 Å². The van der Waals surface area contributed by atoms with Crippen LogP contribution in [-0.2, 0) is 13.0 Å². The molecule has 1 N–H and O–H groups in total. The van der Waals surface area contributed by atoms with Crippen LogP contribution < -0.4 is 5.32 Å². The highest BCUT2D eigenvalue weighted by molar-refractivity contribution is 7.18. The smallest absolute Gasteiger partial charge is 0.138 e. The van der Waals surface area contributed by atoms with Gasteiger partial charge in [0.2, 0.25) is 0 Å². The van der Waals surface area contributed by atoms with Crippen LogP contribution in [0.4, 0.5) is 5.82 Å². The van der Waals surface area contributed by atoms with Crippen LogP contribution in [0, 0.1) is 6.92 Å². The maximum Gasteiger partial charge on any atom is 0.138 e. The number of nitrogens with zero attached hydrogens (tertiary/aromatic N) is 2. The van der Waals surface area contributed by atoms with Gasteiger partial charge in [0.15, 0.2) is 0 Å². The quantitative estimate of drug-likeness (QED) is 0.786.